The summed E-state index contributed by atoms with van der Waals surface area (Å²) in [5.74, 6) is 0.610. The molecule has 2 heteroatoms. The van der Waals surface area contributed by atoms with Gasteiger partial charge < -0.3 is 4.90 Å². The van der Waals surface area contributed by atoms with Crippen molar-refractivity contribution in [1.29, 1.82) is 5.26 Å². The number of nitrogens with zero attached hydrogens (tertiary/aromatic N) is 2. The number of nitriles is 1. The fourth-order valence-electron chi connectivity index (χ4n) is 1.80. The summed E-state index contributed by atoms with van der Waals surface area (Å²) >= 11 is 0. The van der Waals surface area contributed by atoms with Crippen LogP contribution in [0.4, 0.5) is 0 Å². The Morgan fingerprint density at radius 3 is 3.00 bits per heavy atom. The maximum absolute atomic E-state index is 8.55. The van der Waals surface area contributed by atoms with E-state index in [0.29, 0.717) is 12.0 Å². The van der Waals surface area contributed by atoms with Gasteiger partial charge in [0.2, 0.25) is 0 Å². The van der Waals surface area contributed by atoms with Crippen molar-refractivity contribution in [3.63, 3.8) is 0 Å². The summed E-state index contributed by atoms with van der Waals surface area (Å²) in [6.07, 6.45) is 3.22. The summed E-state index contributed by atoms with van der Waals surface area (Å²) in [4.78, 5) is 2.35. The molecule has 0 aliphatic carbocycles. The molecule has 0 saturated carbocycles. The molecule has 1 fully saturated rings. The van der Waals surface area contributed by atoms with Crippen molar-refractivity contribution < 1.29 is 0 Å². The summed E-state index contributed by atoms with van der Waals surface area (Å²) in [5.41, 5.74) is 0. The van der Waals surface area contributed by atoms with Crippen molar-refractivity contribution in [2.24, 2.45) is 5.92 Å². The molecule has 11 heavy (non-hydrogen) atoms. The van der Waals surface area contributed by atoms with Gasteiger partial charge in [-0.25, -0.2) is 0 Å². The van der Waals surface area contributed by atoms with E-state index in [1.54, 1.807) is 0 Å². The van der Waals surface area contributed by atoms with Gasteiger partial charge in [-0.05, 0) is 39.3 Å². The van der Waals surface area contributed by atoms with Gasteiger partial charge >= 0.3 is 0 Å². The fraction of sp³-hybridized carbons (Fsp3) is 0.889. The lowest BCUT2D eigenvalue weighted by Gasteiger charge is -2.35. The molecule has 0 N–H and O–H groups in total. The van der Waals surface area contributed by atoms with E-state index in [1.165, 1.54) is 19.4 Å². The van der Waals surface area contributed by atoms with Crippen molar-refractivity contribution in [1.82, 2.24) is 4.90 Å². The first-order valence-corrected chi connectivity index (χ1v) is 4.33. The second-order valence-corrected chi connectivity index (χ2v) is 3.49. The molecule has 2 nitrogen and oxygen atoms in total. The van der Waals surface area contributed by atoms with E-state index < -0.39 is 0 Å². The highest BCUT2D eigenvalue weighted by atomic mass is 15.1. The van der Waals surface area contributed by atoms with Crippen LogP contribution in [-0.4, -0.2) is 24.5 Å². The van der Waals surface area contributed by atoms with Gasteiger partial charge in [0, 0.05) is 12.5 Å². The van der Waals surface area contributed by atoms with Crippen LogP contribution in [0.3, 0.4) is 0 Å². The monoisotopic (exact) mass is 152 g/mol. The molecule has 1 aliphatic rings. The molecule has 0 aromatic rings. The minimum absolute atomic E-state index is 0.600. The third-order valence-corrected chi connectivity index (χ3v) is 2.82. The van der Waals surface area contributed by atoms with E-state index in [4.69, 9.17) is 5.26 Å². The van der Waals surface area contributed by atoms with Gasteiger partial charge in [0.05, 0.1) is 6.07 Å². The molecule has 0 bridgehead atoms. The van der Waals surface area contributed by atoms with Crippen LogP contribution in [0.1, 0.15) is 26.2 Å². The Hall–Kier alpha value is -0.550. The average Bonchev–Trinajstić information content (AvgIpc) is 1.99. The van der Waals surface area contributed by atoms with Crippen LogP contribution in [0.2, 0.25) is 0 Å². The Labute approximate surface area is 68.8 Å². The molecule has 1 saturated heterocycles. The quantitative estimate of drug-likeness (QED) is 0.571. The maximum atomic E-state index is 8.55. The molecule has 1 aliphatic heterocycles. The summed E-state index contributed by atoms with van der Waals surface area (Å²) in [7, 11) is 2.15. The molecule has 0 spiro atoms. The number of likely N-dealkylation sites (tertiary alicyclic amines) is 1. The smallest absolute Gasteiger partial charge is 0.0625 e. The first kappa shape index (κ1) is 8.55. The van der Waals surface area contributed by atoms with Crippen LogP contribution in [0.25, 0.3) is 0 Å². The topological polar surface area (TPSA) is 27.0 Å². The molecule has 0 aromatic heterocycles. The Bertz CT molecular complexity index is 159. The zero-order valence-corrected chi connectivity index (χ0v) is 7.38. The molecule has 62 valence electrons. The van der Waals surface area contributed by atoms with Crippen molar-refractivity contribution in [2.75, 3.05) is 13.6 Å². The summed E-state index contributed by atoms with van der Waals surface area (Å²) < 4.78 is 0. The Kier molecular flexibility index (Phi) is 2.90. The predicted molar refractivity (Wildman–Crippen MR) is 45.0 cm³/mol. The summed E-state index contributed by atoms with van der Waals surface area (Å²) in [6.45, 7) is 3.42. The maximum Gasteiger partial charge on any atom is 0.0625 e. The van der Waals surface area contributed by atoms with Crippen molar-refractivity contribution >= 4 is 0 Å². The number of rotatable bonds is 1. The molecule has 2 atom stereocenters. The van der Waals surface area contributed by atoms with Crippen LogP contribution in [0.15, 0.2) is 0 Å². The highest BCUT2D eigenvalue weighted by Gasteiger charge is 2.24. The lowest BCUT2D eigenvalue weighted by molar-refractivity contribution is 0.137. The Balaban J connectivity index is 2.45. The van der Waals surface area contributed by atoms with Crippen LogP contribution in [0.5, 0.6) is 0 Å². The lowest BCUT2D eigenvalue weighted by Crippen LogP contribution is -2.40. The predicted octanol–water partition coefficient (Wildman–Crippen LogP) is 1.63. The third-order valence-electron chi connectivity index (χ3n) is 2.82. The van der Waals surface area contributed by atoms with Gasteiger partial charge in [0.25, 0.3) is 0 Å². The Morgan fingerprint density at radius 1 is 1.64 bits per heavy atom. The van der Waals surface area contributed by atoms with Gasteiger partial charge in [-0.2, -0.15) is 5.26 Å². The van der Waals surface area contributed by atoms with Crippen molar-refractivity contribution in [3.05, 3.63) is 0 Å². The summed E-state index contributed by atoms with van der Waals surface area (Å²) in [5, 5.41) is 8.55. The first-order chi connectivity index (χ1) is 5.25. The number of hydrogen-bond acceptors (Lipinski definition) is 2. The molecule has 1 heterocycles. The molecule has 1 rings (SSSR count). The normalized spacial score (nSPS) is 33.2. The van der Waals surface area contributed by atoms with Gasteiger partial charge in [0.15, 0.2) is 0 Å². The molecule has 2 unspecified atom stereocenters. The van der Waals surface area contributed by atoms with E-state index in [0.717, 1.165) is 6.42 Å². The molecular weight excluding hydrogens is 136 g/mol. The van der Waals surface area contributed by atoms with Crippen LogP contribution in [0, 0.1) is 17.2 Å². The number of piperidine rings is 1. The first-order valence-electron chi connectivity index (χ1n) is 4.33. The van der Waals surface area contributed by atoms with E-state index >= 15 is 0 Å². The number of hydrogen-bond donors (Lipinski definition) is 0. The average molecular weight is 152 g/mol. The fourth-order valence-corrected chi connectivity index (χ4v) is 1.80. The van der Waals surface area contributed by atoms with Gasteiger partial charge in [-0.3, -0.25) is 0 Å². The van der Waals surface area contributed by atoms with Gasteiger partial charge in [-0.1, -0.05) is 0 Å². The van der Waals surface area contributed by atoms with Crippen LogP contribution >= 0.6 is 0 Å². The second kappa shape index (κ2) is 3.73. The highest BCUT2D eigenvalue weighted by molar-refractivity contribution is 4.85. The SMILES string of the molecule is CC1C(CC#N)CCCN1C. The van der Waals surface area contributed by atoms with Crippen LogP contribution < -0.4 is 0 Å². The van der Waals surface area contributed by atoms with Crippen LogP contribution in [-0.2, 0) is 0 Å². The zero-order chi connectivity index (χ0) is 8.27. The molecular formula is C9H16N2. The van der Waals surface area contributed by atoms with Crippen molar-refractivity contribution in [3.8, 4) is 6.07 Å². The minimum Gasteiger partial charge on any atom is -0.303 e. The third kappa shape index (κ3) is 1.94. The van der Waals surface area contributed by atoms with Gasteiger partial charge in [0.1, 0.15) is 0 Å². The second-order valence-electron chi connectivity index (χ2n) is 3.49. The van der Waals surface area contributed by atoms with E-state index in [2.05, 4.69) is 24.9 Å². The Morgan fingerprint density at radius 2 is 2.36 bits per heavy atom. The molecule has 0 radical (unpaired) electrons. The largest absolute Gasteiger partial charge is 0.303 e. The molecule has 0 aromatic carbocycles. The van der Waals surface area contributed by atoms with E-state index in [1.807, 2.05) is 0 Å². The molecule has 0 amide bonds. The highest BCUT2D eigenvalue weighted by Crippen LogP contribution is 2.24. The van der Waals surface area contributed by atoms with E-state index in [-0.39, 0.29) is 0 Å². The van der Waals surface area contributed by atoms with Gasteiger partial charge in [-0.15, -0.1) is 0 Å². The van der Waals surface area contributed by atoms with E-state index in [9.17, 15) is 0 Å². The summed E-state index contributed by atoms with van der Waals surface area (Å²) in [6, 6.07) is 2.86. The standard InChI is InChI=1S/C9H16N2/c1-8-9(5-6-10)4-3-7-11(8)2/h8-9H,3-5,7H2,1-2H3. The minimum atomic E-state index is 0.600. The lowest BCUT2D eigenvalue weighted by atomic mass is 9.88. The zero-order valence-electron chi connectivity index (χ0n) is 7.38. The van der Waals surface area contributed by atoms with Crippen molar-refractivity contribution in [2.45, 2.75) is 32.2 Å².